The molecule has 30 heavy (non-hydrogen) atoms. The largest absolute Gasteiger partial charge is 0.495 e. The summed E-state index contributed by atoms with van der Waals surface area (Å²) in [5.41, 5.74) is 2.86. The smallest absolute Gasteiger partial charge is 0.254 e. The third-order valence-corrected chi connectivity index (χ3v) is 5.97. The van der Waals surface area contributed by atoms with Crippen LogP contribution >= 0.6 is 0 Å². The molecule has 0 aromatic heterocycles. The van der Waals surface area contributed by atoms with Crippen LogP contribution in [0.1, 0.15) is 15.9 Å². The van der Waals surface area contributed by atoms with Gasteiger partial charge in [0.1, 0.15) is 5.75 Å². The predicted molar refractivity (Wildman–Crippen MR) is 116 cm³/mol. The van der Waals surface area contributed by atoms with Crippen molar-refractivity contribution in [2.24, 2.45) is 0 Å². The lowest BCUT2D eigenvalue weighted by Gasteiger charge is -2.37. The number of nitrogens with zero attached hydrogens (tertiary/aromatic N) is 3. The molecule has 160 valence electrons. The molecule has 2 aliphatic heterocycles. The standard InChI is InChI=1S/C23H29N3O4/c1-28-20-7-5-4-6-19(20)25-11-8-24(9-12-25)10-13-26-16-17-14-21(29-2)22(30-3)15-18(17)23(26)27/h4-7,14-15H,8-13,16H2,1-3H3. The summed E-state index contributed by atoms with van der Waals surface area (Å²) in [6.45, 7) is 6.03. The maximum atomic E-state index is 12.8. The van der Waals surface area contributed by atoms with E-state index < -0.39 is 0 Å². The number of fused-ring (bicyclic) bond motifs is 1. The number of piperazine rings is 1. The summed E-state index contributed by atoms with van der Waals surface area (Å²) < 4.78 is 16.2. The average Bonchev–Trinajstić information content (AvgIpc) is 3.11. The Balaban J connectivity index is 1.32. The highest BCUT2D eigenvalue weighted by atomic mass is 16.5. The monoisotopic (exact) mass is 411 g/mol. The van der Waals surface area contributed by atoms with Crippen LogP contribution in [-0.4, -0.2) is 76.3 Å². The van der Waals surface area contributed by atoms with Crippen LogP contribution in [0.5, 0.6) is 17.2 Å². The van der Waals surface area contributed by atoms with E-state index in [9.17, 15) is 4.79 Å². The van der Waals surface area contributed by atoms with Gasteiger partial charge in [0.25, 0.3) is 5.91 Å². The normalized spacial score (nSPS) is 16.6. The number of ether oxygens (including phenoxy) is 3. The van der Waals surface area contributed by atoms with Crippen LogP contribution in [0.25, 0.3) is 0 Å². The van der Waals surface area contributed by atoms with Crippen molar-refractivity contribution < 1.29 is 19.0 Å². The molecule has 0 atom stereocenters. The van der Waals surface area contributed by atoms with Crippen molar-refractivity contribution in [3.63, 3.8) is 0 Å². The van der Waals surface area contributed by atoms with Gasteiger partial charge in [0.2, 0.25) is 0 Å². The van der Waals surface area contributed by atoms with Gasteiger partial charge >= 0.3 is 0 Å². The summed E-state index contributed by atoms with van der Waals surface area (Å²) in [5.74, 6) is 2.24. The summed E-state index contributed by atoms with van der Waals surface area (Å²) in [6.07, 6.45) is 0. The van der Waals surface area contributed by atoms with Gasteiger partial charge in [-0.1, -0.05) is 12.1 Å². The third-order valence-electron chi connectivity index (χ3n) is 5.97. The van der Waals surface area contributed by atoms with Gasteiger partial charge in [-0.3, -0.25) is 9.69 Å². The number of benzene rings is 2. The molecule has 0 saturated carbocycles. The number of methoxy groups -OCH3 is 3. The molecule has 2 aliphatic rings. The number of anilines is 1. The zero-order valence-corrected chi connectivity index (χ0v) is 17.9. The predicted octanol–water partition coefficient (Wildman–Crippen LogP) is 2.49. The molecule has 0 unspecified atom stereocenters. The molecule has 7 nitrogen and oxygen atoms in total. The van der Waals surface area contributed by atoms with Crippen LogP contribution in [-0.2, 0) is 6.54 Å². The second-order valence-electron chi connectivity index (χ2n) is 7.59. The van der Waals surface area contributed by atoms with Crippen molar-refractivity contribution in [2.45, 2.75) is 6.54 Å². The number of hydrogen-bond donors (Lipinski definition) is 0. The number of amides is 1. The maximum Gasteiger partial charge on any atom is 0.254 e. The molecule has 7 heteroatoms. The van der Waals surface area contributed by atoms with Gasteiger partial charge in [0, 0.05) is 51.4 Å². The van der Waals surface area contributed by atoms with Gasteiger partial charge < -0.3 is 24.0 Å². The number of rotatable bonds is 7. The Bertz CT molecular complexity index is 909. The van der Waals surface area contributed by atoms with Crippen LogP contribution in [0.4, 0.5) is 5.69 Å². The molecule has 0 spiro atoms. The summed E-state index contributed by atoms with van der Waals surface area (Å²) in [7, 11) is 4.92. The van der Waals surface area contributed by atoms with E-state index in [2.05, 4.69) is 15.9 Å². The lowest BCUT2D eigenvalue weighted by atomic mass is 10.1. The third kappa shape index (κ3) is 3.89. The highest BCUT2D eigenvalue weighted by Crippen LogP contribution is 2.35. The minimum atomic E-state index is 0.0682. The van der Waals surface area contributed by atoms with E-state index in [1.807, 2.05) is 29.2 Å². The van der Waals surface area contributed by atoms with Crippen molar-refractivity contribution in [1.29, 1.82) is 0 Å². The summed E-state index contributed by atoms with van der Waals surface area (Å²) in [6, 6.07) is 11.9. The minimum Gasteiger partial charge on any atom is -0.495 e. The summed E-state index contributed by atoms with van der Waals surface area (Å²) >= 11 is 0. The van der Waals surface area contributed by atoms with Crippen LogP contribution in [0.15, 0.2) is 36.4 Å². The lowest BCUT2D eigenvalue weighted by molar-refractivity contribution is 0.0756. The SMILES string of the molecule is COc1cc2c(cc1OC)C(=O)N(CCN1CCN(c3ccccc3OC)CC1)C2. The van der Waals surface area contributed by atoms with Gasteiger partial charge in [0.05, 0.1) is 27.0 Å². The molecule has 4 rings (SSSR count). The molecule has 0 bridgehead atoms. The lowest BCUT2D eigenvalue weighted by Crippen LogP contribution is -2.48. The van der Waals surface area contributed by atoms with Crippen molar-refractivity contribution in [2.75, 3.05) is 65.5 Å². The van der Waals surface area contributed by atoms with Crippen molar-refractivity contribution in [3.8, 4) is 17.2 Å². The molecule has 2 aromatic rings. The fourth-order valence-electron chi connectivity index (χ4n) is 4.24. The topological polar surface area (TPSA) is 54.5 Å². The maximum absolute atomic E-state index is 12.8. The van der Waals surface area contributed by atoms with Crippen molar-refractivity contribution >= 4 is 11.6 Å². The second kappa shape index (κ2) is 8.83. The van der Waals surface area contributed by atoms with E-state index in [-0.39, 0.29) is 5.91 Å². The van der Waals surface area contributed by atoms with E-state index >= 15 is 0 Å². The fourth-order valence-corrected chi connectivity index (χ4v) is 4.24. The first-order valence-corrected chi connectivity index (χ1v) is 10.3. The Kier molecular flexibility index (Phi) is 5.99. The van der Waals surface area contributed by atoms with Crippen LogP contribution in [0.2, 0.25) is 0 Å². The first-order valence-electron chi connectivity index (χ1n) is 10.3. The number of para-hydroxylation sites is 2. The van der Waals surface area contributed by atoms with Crippen LogP contribution in [0.3, 0.4) is 0 Å². The molecule has 1 fully saturated rings. The molecular formula is C23H29N3O4. The quantitative estimate of drug-likeness (QED) is 0.698. The van der Waals surface area contributed by atoms with Gasteiger partial charge in [0.15, 0.2) is 11.5 Å². The second-order valence-corrected chi connectivity index (χ2v) is 7.59. The average molecular weight is 412 g/mol. The Labute approximate surface area is 177 Å². The Morgan fingerprint density at radius 1 is 0.833 bits per heavy atom. The Morgan fingerprint density at radius 3 is 2.20 bits per heavy atom. The van der Waals surface area contributed by atoms with Gasteiger partial charge in [-0.05, 0) is 29.8 Å². The van der Waals surface area contributed by atoms with E-state index in [4.69, 9.17) is 14.2 Å². The van der Waals surface area contributed by atoms with Gasteiger partial charge in [-0.25, -0.2) is 0 Å². The van der Waals surface area contributed by atoms with Crippen molar-refractivity contribution in [3.05, 3.63) is 47.5 Å². The van der Waals surface area contributed by atoms with Gasteiger partial charge in [-0.15, -0.1) is 0 Å². The first kappa shape index (κ1) is 20.3. The molecule has 2 aromatic carbocycles. The molecule has 2 heterocycles. The fraction of sp³-hybridized carbons (Fsp3) is 0.435. The van der Waals surface area contributed by atoms with E-state index in [0.717, 1.165) is 49.7 Å². The molecule has 1 saturated heterocycles. The van der Waals surface area contributed by atoms with E-state index in [1.54, 1.807) is 27.4 Å². The molecule has 0 N–H and O–H groups in total. The number of hydrogen-bond acceptors (Lipinski definition) is 6. The first-order chi connectivity index (χ1) is 14.6. The molecule has 1 amide bonds. The van der Waals surface area contributed by atoms with Gasteiger partial charge in [-0.2, -0.15) is 0 Å². The minimum absolute atomic E-state index is 0.0682. The zero-order chi connectivity index (χ0) is 21.1. The van der Waals surface area contributed by atoms with E-state index in [1.165, 1.54) is 0 Å². The highest BCUT2D eigenvalue weighted by Gasteiger charge is 2.30. The van der Waals surface area contributed by atoms with E-state index in [0.29, 0.717) is 30.2 Å². The Morgan fingerprint density at radius 2 is 1.50 bits per heavy atom. The number of carbonyl (C=O) groups excluding carboxylic acids is 1. The Hall–Kier alpha value is -2.93. The van der Waals surface area contributed by atoms with Crippen molar-refractivity contribution in [1.82, 2.24) is 9.80 Å². The highest BCUT2D eigenvalue weighted by molar-refractivity contribution is 5.99. The number of carbonyl (C=O) groups is 1. The zero-order valence-electron chi connectivity index (χ0n) is 17.9. The molecular weight excluding hydrogens is 382 g/mol. The van der Waals surface area contributed by atoms with Crippen LogP contribution < -0.4 is 19.1 Å². The summed E-state index contributed by atoms with van der Waals surface area (Å²) in [4.78, 5) is 19.5. The molecule has 0 aliphatic carbocycles. The molecule has 0 radical (unpaired) electrons. The van der Waals surface area contributed by atoms with Crippen LogP contribution in [0, 0.1) is 0 Å². The summed E-state index contributed by atoms with van der Waals surface area (Å²) in [5, 5.41) is 0.